The van der Waals surface area contributed by atoms with E-state index in [4.69, 9.17) is 10.8 Å². The summed E-state index contributed by atoms with van der Waals surface area (Å²) in [6.07, 6.45) is -0.145. The molecular formula is C15H14N2O3. The van der Waals surface area contributed by atoms with Gasteiger partial charge in [0.1, 0.15) is 0 Å². The lowest BCUT2D eigenvalue weighted by atomic mass is 10.1. The van der Waals surface area contributed by atoms with Crippen LogP contribution in [0.2, 0.25) is 0 Å². The van der Waals surface area contributed by atoms with Gasteiger partial charge in [0.2, 0.25) is 0 Å². The van der Waals surface area contributed by atoms with Crippen LogP contribution in [0.5, 0.6) is 0 Å². The summed E-state index contributed by atoms with van der Waals surface area (Å²) < 4.78 is 0. The van der Waals surface area contributed by atoms with E-state index in [-0.39, 0.29) is 12.3 Å². The number of carboxylic acid groups (broad SMARTS) is 1. The van der Waals surface area contributed by atoms with Crippen LogP contribution in [0, 0.1) is 0 Å². The molecule has 5 heteroatoms. The minimum atomic E-state index is -0.948. The SMILES string of the molecule is Nc1cccc(C(=O)Nc2ccccc2CC(=O)O)c1. The first-order valence-electron chi connectivity index (χ1n) is 6.03. The van der Waals surface area contributed by atoms with Crippen molar-refractivity contribution in [2.24, 2.45) is 0 Å². The molecule has 0 atom stereocenters. The van der Waals surface area contributed by atoms with E-state index in [1.54, 1.807) is 48.5 Å². The molecule has 0 saturated carbocycles. The Morgan fingerprint density at radius 1 is 1.10 bits per heavy atom. The van der Waals surface area contributed by atoms with Gasteiger partial charge < -0.3 is 16.2 Å². The van der Waals surface area contributed by atoms with Gasteiger partial charge in [0, 0.05) is 16.9 Å². The summed E-state index contributed by atoms with van der Waals surface area (Å²) in [5.41, 5.74) is 7.59. The smallest absolute Gasteiger partial charge is 0.307 e. The maximum atomic E-state index is 12.1. The van der Waals surface area contributed by atoms with Gasteiger partial charge in [0.05, 0.1) is 6.42 Å². The van der Waals surface area contributed by atoms with E-state index < -0.39 is 5.97 Å². The van der Waals surface area contributed by atoms with Gasteiger partial charge >= 0.3 is 5.97 Å². The number of rotatable bonds is 4. The van der Waals surface area contributed by atoms with Gasteiger partial charge in [0.15, 0.2) is 0 Å². The van der Waals surface area contributed by atoms with E-state index in [1.165, 1.54) is 0 Å². The van der Waals surface area contributed by atoms with Crippen LogP contribution in [-0.4, -0.2) is 17.0 Å². The maximum Gasteiger partial charge on any atom is 0.307 e. The second kappa shape index (κ2) is 5.88. The topological polar surface area (TPSA) is 92.4 Å². The van der Waals surface area contributed by atoms with Crippen molar-refractivity contribution in [3.05, 3.63) is 59.7 Å². The fourth-order valence-corrected chi connectivity index (χ4v) is 1.83. The molecule has 2 rings (SSSR count). The molecule has 2 aromatic carbocycles. The number of amides is 1. The Kier molecular flexibility index (Phi) is 4.00. The van der Waals surface area contributed by atoms with Crippen LogP contribution in [0.4, 0.5) is 11.4 Å². The van der Waals surface area contributed by atoms with E-state index in [9.17, 15) is 9.59 Å². The first-order valence-corrected chi connectivity index (χ1v) is 6.03. The molecule has 0 fully saturated rings. The molecular weight excluding hydrogens is 256 g/mol. The van der Waals surface area contributed by atoms with Crippen molar-refractivity contribution in [3.63, 3.8) is 0 Å². The number of anilines is 2. The highest BCUT2D eigenvalue weighted by Crippen LogP contribution is 2.17. The number of carbonyl (C=O) groups excluding carboxylic acids is 1. The molecule has 0 aliphatic carbocycles. The predicted molar refractivity (Wildman–Crippen MR) is 76.6 cm³/mol. The van der Waals surface area contributed by atoms with Crippen LogP contribution in [0.15, 0.2) is 48.5 Å². The molecule has 0 unspecified atom stereocenters. The number of benzene rings is 2. The third kappa shape index (κ3) is 3.35. The molecule has 0 aliphatic heterocycles. The zero-order chi connectivity index (χ0) is 14.5. The number of nitrogen functional groups attached to an aromatic ring is 1. The largest absolute Gasteiger partial charge is 0.481 e. The fourth-order valence-electron chi connectivity index (χ4n) is 1.83. The van der Waals surface area contributed by atoms with Crippen molar-refractivity contribution in [3.8, 4) is 0 Å². The Bertz CT molecular complexity index is 653. The number of hydrogen-bond donors (Lipinski definition) is 3. The highest BCUT2D eigenvalue weighted by molar-refractivity contribution is 6.05. The molecule has 0 aliphatic rings. The molecule has 0 bridgehead atoms. The third-order valence-corrected chi connectivity index (χ3v) is 2.76. The number of para-hydroxylation sites is 1. The fraction of sp³-hybridized carbons (Fsp3) is 0.0667. The van der Waals surface area contributed by atoms with Gasteiger partial charge in [-0.15, -0.1) is 0 Å². The number of nitrogens with one attached hydrogen (secondary N) is 1. The average Bonchev–Trinajstić information content (AvgIpc) is 2.40. The van der Waals surface area contributed by atoms with E-state index in [0.29, 0.717) is 22.5 Å². The Morgan fingerprint density at radius 3 is 2.55 bits per heavy atom. The molecule has 102 valence electrons. The normalized spacial score (nSPS) is 10.0. The number of nitrogens with two attached hydrogens (primary N) is 1. The van der Waals surface area contributed by atoms with Gasteiger partial charge in [-0.25, -0.2) is 0 Å². The molecule has 0 heterocycles. The highest BCUT2D eigenvalue weighted by Gasteiger charge is 2.10. The first-order chi connectivity index (χ1) is 9.56. The monoisotopic (exact) mass is 270 g/mol. The minimum absolute atomic E-state index is 0.145. The molecule has 0 saturated heterocycles. The predicted octanol–water partition coefficient (Wildman–Crippen LogP) is 2.15. The minimum Gasteiger partial charge on any atom is -0.481 e. The first kappa shape index (κ1) is 13.6. The molecule has 1 amide bonds. The van der Waals surface area contributed by atoms with E-state index in [1.807, 2.05) is 0 Å². The number of aliphatic carboxylic acids is 1. The molecule has 0 aromatic heterocycles. The van der Waals surface area contributed by atoms with Crippen molar-refractivity contribution in [2.75, 3.05) is 11.1 Å². The maximum absolute atomic E-state index is 12.1. The Labute approximate surface area is 116 Å². The summed E-state index contributed by atoms with van der Waals surface area (Å²) in [4.78, 5) is 22.9. The third-order valence-electron chi connectivity index (χ3n) is 2.76. The lowest BCUT2D eigenvalue weighted by Crippen LogP contribution is -2.14. The second-order valence-electron chi connectivity index (χ2n) is 4.31. The van der Waals surface area contributed by atoms with Gasteiger partial charge in [0.25, 0.3) is 5.91 Å². The Balaban J connectivity index is 2.21. The van der Waals surface area contributed by atoms with E-state index in [0.717, 1.165) is 0 Å². The summed E-state index contributed by atoms with van der Waals surface area (Å²) in [6, 6.07) is 13.4. The standard InChI is InChI=1S/C15H14N2O3/c16-12-6-3-5-11(8-12)15(20)17-13-7-2-1-4-10(13)9-14(18)19/h1-8H,9,16H2,(H,17,20)(H,18,19). The Morgan fingerprint density at radius 2 is 1.85 bits per heavy atom. The Hall–Kier alpha value is -2.82. The van der Waals surface area contributed by atoms with Crippen LogP contribution in [0.3, 0.4) is 0 Å². The zero-order valence-corrected chi connectivity index (χ0v) is 10.7. The highest BCUT2D eigenvalue weighted by atomic mass is 16.4. The summed E-state index contributed by atoms with van der Waals surface area (Å²) >= 11 is 0. The van der Waals surface area contributed by atoms with Crippen LogP contribution in [0.1, 0.15) is 15.9 Å². The van der Waals surface area contributed by atoms with Crippen molar-refractivity contribution >= 4 is 23.3 Å². The van der Waals surface area contributed by atoms with Crippen LogP contribution >= 0.6 is 0 Å². The number of carbonyl (C=O) groups is 2. The van der Waals surface area contributed by atoms with Gasteiger partial charge in [-0.05, 0) is 29.8 Å². The second-order valence-corrected chi connectivity index (χ2v) is 4.31. The summed E-state index contributed by atoms with van der Waals surface area (Å²) in [6.45, 7) is 0. The van der Waals surface area contributed by atoms with E-state index in [2.05, 4.69) is 5.32 Å². The van der Waals surface area contributed by atoms with Crippen molar-refractivity contribution < 1.29 is 14.7 Å². The summed E-state index contributed by atoms with van der Waals surface area (Å²) in [5, 5.41) is 11.6. The lowest BCUT2D eigenvalue weighted by Gasteiger charge is -2.10. The van der Waals surface area contributed by atoms with Crippen LogP contribution in [-0.2, 0) is 11.2 Å². The van der Waals surface area contributed by atoms with Crippen molar-refractivity contribution in [1.82, 2.24) is 0 Å². The zero-order valence-electron chi connectivity index (χ0n) is 10.7. The van der Waals surface area contributed by atoms with Gasteiger partial charge in [-0.1, -0.05) is 24.3 Å². The van der Waals surface area contributed by atoms with Crippen molar-refractivity contribution in [2.45, 2.75) is 6.42 Å². The van der Waals surface area contributed by atoms with Gasteiger partial charge in [-0.3, -0.25) is 9.59 Å². The van der Waals surface area contributed by atoms with Crippen molar-refractivity contribution in [1.29, 1.82) is 0 Å². The molecule has 2 aromatic rings. The number of carboxylic acids is 1. The van der Waals surface area contributed by atoms with E-state index >= 15 is 0 Å². The molecule has 5 nitrogen and oxygen atoms in total. The van der Waals surface area contributed by atoms with Gasteiger partial charge in [-0.2, -0.15) is 0 Å². The summed E-state index contributed by atoms with van der Waals surface area (Å²) in [7, 11) is 0. The summed E-state index contributed by atoms with van der Waals surface area (Å²) in [5.74, 6) is -1.27. The van der Waals surface area contributed by atoms with Crippen LogP contribution < -0.4 is 11.1 Å². The number of hydrogen-bond acceptors (Lipinski definition) is 3. The molecule has 0 radical (unpaired) electrons. The molecule has 0 spiro atoms. The average molecular weight is 270 g/mol. The lowest BCUT2D eigenvalue weighted by molar-refractivity contribution is -0.136. The molecule has 4 N–H and O–H groups in total. The quantitative estimate of drug-likeness (QED) is 0.742. The van der Waals surface area contributed by atoms with Crippen LogP contribution in [0.25, 0.3) is 0 Å². The molecule has 20 heavy (non-hydrogen) atoms.